The van der Waals surface area contributed by atoms with Gasteiger partial charge in [0.15, 0.2) is 11.6 Å². The lowest BCUT2D eigenvalue weighted by molar-refractivity contribution is -0.126. The van der Waals surface area contributed by atoms with E-state index >= 15 is 0 Å². The summed E-state index contributed by atoms with van der Waals surface area (Å²) in [5.74, 6) is -1.00. The molecule has 0 aliphatic carbocycles. The van der Waals surface area contributed by atoms with Crippen molar-refractivity contribution in [2.45, 2.75) is 38.4 Å². The molecule has 6 rings (SSSR count). The van der Waals surface area contributed by atoms with Gasteiger partial charge in [0.2, 0.25) is 11.8 Å². The van der Waals surface area contributed by atoms with Gasteiger partial charge in [-0.2, -0.15) is 0 Å². The molecule has 206 valence electrons. The van der Waals surface area contributed by atoms with Crippen molar-refractivity contribution in [1.82, 2.24) is 20.5 Å². The van der Waals surface area contributed by atoms with Crippen LogP contribution in [0.15, 0.2) is 54.7 Å². The summed E-state index contributed by atoms with van der Waals surface area (Å²) in [7, 11) is 0. The summed E-state index contributed by atoms with van der Waals surface area (Å²) >= 11 is 0. The standard InChI is InChI=1S/C30H29F2N5O3/c31-23-3-1-2-20(11-23)21-12-25(32)28(34-16-21)36-8-6-18(7-9-36)14-33-15-19-4-5-24-22(10-19)17-37(30(24)40)26-13-27(38)35-29(26)39/h1-5,10-12,16,18,26,33H,6-9,13-15,17H2,(H,35,38,39)/t26-/m0/s1. The van der Waals surface area contributed by atoms with Gasteiger partial charge in [-0.05, 0) is 66.3 Å². The Balaban J connectivity index is 0.993. The largest absolute Gasteiger partial charge is 0.354 e. The number of aromatic nitrogens is 1. The second kappa shape index (κ2) is 10.8. The van der Waals surface area contributed by atoms with Crippen LogP contribution in [0.2, 0.25) is 0 Å². The summed E-state index contributed by atoms with van der Waals surface area (Å²) in [6, 6.07) is 12.4. The number of imide groups is 1. The predicted octanol–water partition coefficient (Wildman–Crippen LogP) is 3.40. The molecule has 2 fully saturated rings. The zero-order valence-corrected chi connectivity index (χ0v) is 21.8. The minimum absolute atomic E-state index is 0.00865. The van der Waals surface area contributed by atoms with Gasteiger partial charge in [0.1, 0.15) is 11.9 Å². The zero-order chi connectivity index (χ0) is 27.8. The molecule has 40 heavy (non-hydrogen) atoms. The fraction of sp³-hybridized carbons (Fsp3) is 0.333. The van der Waals surface area contributed by atoms with Crippen LogP contribution in [-0.2, 0) is 22.7 Å². The number of nitrogens with zero attached hydrogens (tertiary/aromatic N) is 3. The Labute approximate surface area is 230 Å². The van der Waals surface area contributed by atoms with Gasteiger partial charge in [0.05, 0.1) is 6.42 Å². The Morgan fingerprint density at radius 3 is 2.55 bits per heavy atom. The Morgan fingerprint density at radius 1 is 1.00 bits per heavy atom. The molecular weight excluding hydrogens is 516 g/mol. The normalized spacial score (nSPS) is 19.4. The number of pyridine rings is 1. The molecule has 3 amide bonds. The van der Waals surface area contributed by atoms with Gasteiger partial charge in [-0.3, -0.25) is 19.7 Å². The SMILES string of the molecule is O=C1C[C@H](N2Cc3cc(CNCC4CCN(c5ncc(-c6cccc(F)c6)cc5F)CC4)ccc3C2=O)C(=O)N1. The minimum Gasteiger partial charge on any atom is -0.354 e. The molecule has 0 radical (unpaired) electrons. The quantitative estimate of drug-likeness (QED) is 0.442. The van der Waals surface area contributed by atoms with Gasteiger partial charge in [-0.25, -0.2) is 13.8 Å². The lowest BCUT2D eigenvalue weighted by Gasteiger charge is -2.33. The Kier molecular flexibility index (Phi) is 7.02. The van der Waals surface area contributed by atoms with E-state index in [4.69, 9.17) is 0 Å². The summed E-state index contributed by atoms with van der Waals surface area (Å²) in [6.45, 7) is 3.17. The number of amides is 3. The number of fused-ring (bicyclic) bond motifs is 1. The molecule has 3 aromatic rings. The van der Waals surface area contributed by atoms with Crippen LogP contribution in [-0.4, -0.2) is 53.3 Å². The van der Waals surface area contributed by atoms with Crippen molar-refractivity contribution in [2.24, 2.45) is 5.92 Å². The molecule has 0 spiro atoms. The van der Waals surface area contributed by atoms with E-state index in [1.807, 2.05) is 17.0 Å². The van der Waals surface area contributed by atoms with E-state index in [1.54, 1.807) is 24.4 Å². The molecule has 3 aliphatic rings. The number of hydrogen-bond acceptors (Lipinski definition) is 6. The summed E-state index contributed by atoms with van der Waals surface area (Å²) in [6.07, 6.45) is 3.40. The molecule has 0 saturated carbocycles. The molecule has 4 heterocycles. The monoisotopic (exact) mass is 545 g/mol. The van der Waals surface area contributed by atoms with Crippen LogP contribution in [0.5, 0.6) is 0 Å². The zero-order valence-electron chi connectivity index (χ0n) is 21.8. The van der Waals surface area contributed by atoms with Crippen LogP contribution >= 0.6 is 0 Å². The lowest BCUT2D eigenvalue weighted by Crippen LogP contribution is -2.40. The molecular formula is C30H29F2N5O3. The first-order valence-corrected chi connectivity index (χ1v) is 13.5. The Morgan fingerprint density at radius 2 is 1.82 bits per heavy atom. The number of rotatable bonds is 7. The third-order valence-corrected chi connectivity index (χ3v) is 7.98. The number of halogens is 2. The number of anilines is 1. The molecule has 3 aliphatic heterocycles. The first kappa shape index (κ1) is 26.1. The van der Waals surface area contributed by atoms with Crippen molar-refractivity contribution in [2.75, 3.05) is 24.5 Å². The number of benzene rings is 2. The molecule has 2 saturated heterocycles. The first-order valence-electron chi connectivity index (χ1n) is 13.5. The molecule has 8 nitrogen and oxygen atoms in total. The van der Waals surface area contributed by atoms with Crippen molar-refractivity contribution in [3.8, 4) is 11.1 Å². The summed E-state index contributed by atoms with van der Waals surface area (Å²) in [5.41, 5.74) is 3.62. The second-order valence-corrected chi connectivity index (χ2v) is 10.7. The van der Waals surface area contributed by atoms with E-state index < -0.39 is 17.8 Å². The molecule has 2 N–H and O–H groups in total. The van der Waals surface area contributed by atoms with Gasteiger partial charge >= 0.3 is 0 Å². The number of hydrogen-bond donors (Lipinski definition) is 2. The van der Waals surface area contributed by atoms with Crippen LogP contribution in [0.4, 0.5) is 14.6 Å². The highest BCUT2D eigenvalue weighted by Gasteiger charge is 2.41. The van der Waals surface area contributed by atoms with Crippen LogP contribution in [0.3, 0.4) is 0 Å². The van der Waals surface area contributed by atoms with Crippen molar-refractivity contribution in [3.63, 3.8) is 0 Å². The maximum absolute atomic E-state index is 14.9. The predicted molar refractivity (Wildman–Crippen MR) is 144 cm³/mol. The highest BCUT2D eigenvalue weighted by atomic mass is 19.1. The van der Waals surface area contributed by atoms with Gasteiger partial charge in [-0.1, -0.05) is 24.3 Å². The number of piperidine rings is 1. The van der Waals surface area contributed by atoms with Crippen LogP contribution < -0.4 is 15.5 Å². The number of carbonyl (C=O) groups excluding carboxylic acids is 3. The average molecular weight is 546 g/mol. The van der Waals surface area contributed by atoms with Crippen LogP contribution in [0, 0.1) is 17.6 Å². The molecule has 0 bridgehead atoms. The van der Waals surface area contributed by atoms with Crippen molar-refractivity contribution >= 4 is 23.5 Å². The fourth-order valence-electron chi connectivity index (χ4n) is 5.81. The average Bonchev–Trinajstić information content (AvgIpc) is 3.45. The van der Waals surface area contributed by atoms with E-state index in [1.165, 1.54) is 23.1 Å². The second-order valence-electron chi connectivity index (χ2n) is 10.7. The third-order valence-electron chi connectivity index (χ3n) is 7.98. The van der Waals surface area contributed by atoms with Gasteiger partial charge in [0, 0.05) is 43.5 Å². The van der Waals surface area contributed by atoms with Crippen molar-refractivity contribution in [1.29, 1.82) is 0 Å². The van der Waals surface area contributed by atoms with E-state index in [-0.39, 0.29) is 24.1 Å². The van der Waals surface area contributed by atoms with E-state index in [9.17, 15) is 23.2 Å². The van der Waals surface area contributed by atoms with E-state index in [2.05, 4.69) is 15.6 Å². The maximum atomic E-state index is 14.9. The van der Waals surface area contributed by atoms with Crippen molar-refractivity contribution in [3.05, 3.63) is 83.1 Å². The highest BCUT2D eigenvalue weighted by molar-refractivity contribution is 6.09. The highest BCUT2D eigenvalue weighted by Crippen LogP contribution is 2.29. The smallest absolute Gasteiger partial charge is 0.255 e. The molecule has 1 aromatic heterocycles. The summed E-state index contributed by atoms with van der Waals surface area (Å²) < 4.78 is 28.4. The van der Waals surface area contributed by atoms with Crippen LogP contribution in [0.1, 0.15) is 40.7 Å². The molecule has 2 aromatic carbocycles. The van der Waals surface area contributed by atoms with Crippen molar-refractivity contribution < 1.29 is 23.2 Å². The Bertz CT molecular complexity index is 1490. The number of nitrogens with one attached hydrogen (secondary N) is 2. The molecule has 10 heteroatoms. The summed E-state index contributed by atoms with van der Waals surface area (Å²) in [4.78, 5) is 44.2. The lowest BCUT2D eigenvalue weighted by atomic mass is 9.96. The molecule has 0 unspecified atom stereocenters. The van der Waals surface area contributed by atoms with Gasteiger partial charge in [0.25, 0.3) is 5.91 Å². The fourth-order valence-corrected chi connectivity index (χ4v) is 5.81. The minimum atomic E-state index is -0.741. The van der Waals surface area contributed by atoms with Crippen LogP contribution in [0.25, 0.3) is 11.1 Å². The first-order chi connectivity index (χ1) is 19.4. The Hall–Kier alpha value is -4.18. The van der Waals surface area contributed by atoms with Gasteiger partial charge < -0.3 is 15.1 Å². The van der Waals surface area contributed by atoms with Gasteiger partial charge in [-0.15, -0.1) is 0 Å². The van der Waals surface area contributed by atoms with E-state index in [0.29, 0.717) is 54.6 Å². The topological polar surface area (TPSA) is 94.6 Å². The third kappa shape index (κ3) is 5.19. The molecule has 1 atom stereocenters. The maximum Gasteiger partial charge on any atom is 0.255 e. The summed E-state index contributed by atoms with van der Waals surface area (Å²) in [5, 5.41) is 5.77. The number of carbonyl (C=O) groups is 3. The van der Waals surface area contributed by atoms with E-state index in [0.717, 1.165) is 30.5 Å².